The molecule has 0 bridgehead atoms. The number of benzene rings is 1. The second kappa shape index (κ2) is 8.74. The van der Waals surface area contributed by atoms with Crippen LogP contribution in [-0.2, 0) is 9.53 Å². The van der Waals surface area contributed by atoms with Gasteiger partial charge in [0.2, 0.25) is 5.91 Å². The molecule has 6 heteroatoms. The lowest BCUT2D eigenvalue weighted by Gasteiger charge is -2.32. The summed E-state index contributed by atoms with van der Waals surface area (Å²) in [6, 6.07) is 9.90. The molecular formula is C19H29N3O3. The zero-order valence-corrected chi connectivity index (χ0v) is 15.4. The average molecular weight is 347 g/mol. The van der Waals surface area contributed by atoms with E-state index in [1.165, 1.54) is 0 Å². The first-order chi connectivity index (χ1) is 11.8. The highest BCUT2D eigenvalue weighted by molar-refractivity contribution is 5.79. The van der Waals surface area contributed by atoms with Gasteiger partial charge in [-0.3, -0.25) is 4.79 Å². The summed E-state index contributed by atoms with van der Waals surface area (Å²) in [5.41, 5.74) is 0.555. The highest BCUT2D eigenvalue weighted by Gasteiger charge is 2.29. The van der Waals surface area contributed by atoms with Crippen LogP contribution in [0.15, 0.2) is 30.3 Å². The molecule has 1 fully saturated rings. The molecule has 6 nitrogen and oxygen atoms in total. The molecular weight excluding hydrogens is 318 g/mol. The summed E-state index contributed by atoms with van der Waals surface area (Å²) >= 11 is 0. The van der Waals surface area contributed by atoms with E-state index in [-0.39, 0.29) is 17.9 Å². The number of carbonyl (C=O) groups is 2. The lowest BCUT2D eigenvalue weighted by atomic mass is 9.96. The predicted molar refractivity (Wildman–Crippen MR) is 98.5 cm³/mol. The number of para-hydroxylation sites is 1. The van der Waals surface area contributed by atoms with E-state index in [0.717, 1.165) is 5.69 Å². The standard InChI is InChI=1S/C19H29N3O3/c1-19(2,3)25-18(24)22-13-9-15(10-14-22)17(23)21-12-11-20-16-7-5-4-6-8-16/h4-8,15,20H,9-14H2,1-3H3,(H,21,23). The summed E-state index contributed by atoms with van der Waals surface area (Å²) in [7, 11) is 0. The maximum atomic E-state index is 12.2. The Morgan fingerprint density at radius 1 is 1.12 bits per heavy atom. The van der Waals surface area contributed by atoms with Crippen molar-refractivity contribution >= 4 is 17.7 Å². The Bertz CT molecular complexity index is 561. The van der Waals surface area contributed by atoms with Crippen molar-refractivity contribution in [2.24, 2.45) is 5.92 Å². The fourth-order valence-electron chi connectivity index (χ4n) is 2.74. The third-order valence-electron chi connectivity index (χ3n) is 4.04. The molecule has 0 saturated carbocycles. The van der Waals surface area contributed by atoms with Crippen molar-refractivity contribution < 1.29 is 14.3 Å². The Balaban J connectivity index is 1.64. The number of likely N-dealkylation sites (tertiary alicyclic amines) is 1. The molecule has 0 radical (unpaired) electrons. The van der Waals surface area contributed by atoms with E-state index < -0.39 is 5.60 Å². The largest absolute Gasteiger partial charge is 0.444 e. The van der Waals surface area contributed by atoms with Gasteiger partial charge in [0.25, 0.3) is 0 Å². The zero-order chi connectivity index (χ0) is 18.3. The van der Waals surface area contributed by atoms with E-state index in [2.05, 4.69) is 10.6 Å². The summed E-state index contributed by atoms with van der Waals surface area (Å²) in [6.45, 7) is 7.97. The van der Waals surface area contributed by atoms with Crippen LogP contribution in [-0.4, -0.2) is 48.7 Å². The number of piperidine rings is 1. The molecule has 2 N–H and O–H groups in total. The third-order valence-corrected chi connectivity index (χ3v) is 4.04. The fourth-order valence-corrected chi connectivity index (χ4v) is 2.74. The van der Waals surface area contributed by atoms with Gasteiger partial charge in [-0.05, 0) is 45.7 Å². The molecule has 0 aliphatic carbocycles. The van der Waals surface area contributed by atoms with Gasteiger partial charge in [-0.25, -0.2) is 4.79 Å². The van der Waals surface area contributed by atoms with Crippen molar-refractivity contribution in [2.45, 2.75) is 39.2 Å². The summed E-state index contributed by atoms with van der Waals surface area (Å²) in [5.74, 6) is 0.0362. The molecule has 0 spiro atoms. The molecule has 1 aromatic carbocycles. The van der Waals surface area contributed by atoms with E-state index in [1.807, 2.05) is 51.1 Å². The zero-order valence-electron chi connectivity index (χ0n) is 15.4. The maximum Gasteiger partial charge on any atom is 0.410 e. The van der Waals surface area contributed by atoms with Gasteiger partial charge in [0.1, 0.15) is 5.60 Å². The molecule has 1 aromatic rings. The van der Waals surface area contributed by atoms with Crippen LogP contribution in [0.3, 0.4) is 0 Å². The number of rotatable bonds is 5. The van der Waals surface area contributed by atoms with E-state index in [4.69, 9.17) is 4.74 Å². The molecule has 25 heavy (non-hydrogen) atoms. The van der Waals surface area contributed by atoms with Gasteiger partial charge in [0.05, 0.1) is 0 Å². The van der Waals surface area contributed by atoms with E-state index in [0.29, 0.717) is 39.0 Å². The number of hydrogen-bond donors (Lipinski definition) is 2. The summed E-state index contributed by atoms with van der Waals surface area (Å²) in [6.07, 6.45) is 1.06. The van der Waals surface area contributed by atoms with E-state index >= 15 is 0 Å². The van der Waals surface area contributed by atoms with Gasteiger partial charge >= 0.3 is 6.09 Å². The van der Waals surface area contributed by atoms with Crippen molar-refractivity contribution in [1.29, 1.82) is 0 Å². The third kappa shape index (κ3) is 6.64. The van der Waals surface area contributed by atoms with Gasteiger partial charge in [-0.1, -0.05) is 18.2 Å². The van der Waals surface area contributed by atoms with Crippen molar-refractivity contribution in [3.05, 3.63) is 30.3 Å². The quantitative estimate of drug-likeness (QED) is 0.804. The molecule has 2 rings (SSSR count). The maximum absolute atomic E-state index is 12.2. The number of ether oxygens (including phenoxy) is 1. The first kappa shape index (κ1) is 19.1. The number of nitrogens with zero attached hydrogens (tertiary/aromatic N) is 1. The smallest absolute Gasteiger partial charge is 0.410 e. The van der Waals surface area contributed by atoms with Crippen LogP contribution < -0.4 is 10.6 Å². The normalized spacial score (nSPS) is 15.6. The SMILES string of the molecule is CC(C)(C)OC(=O)N1CCC(C(=O)NCCNc2ccccc2)CC1. The molecule has 1 aliphatic rings. The first-order valence-electron chi connectivity index (χ1n) is 8.90. The van der Waals surface area contributed by atoms with E-state index in [1.54, 1.807) is 4.90 Å². The first-order valence-corrected chi connectivity index (χ1v) is 8.90. The summed E-state index contributed by atoms with van der Waals surface area (Å²) in [5, 5.41) is 6.23. The molecule has 0 aromatic heterocycles. The minimum atomic E-state index is -0.489. The number of carbonyl (C=O) groups excluding carboxylic acids is 2. The van der Waals surface area contributed by atoms with Crippen molar-refractivity contribution in [1.82, 2.24) is 10.2 Å². The Labute approximate surface area is 149 Å². The number of hydrogen-bond acceptors (Lipinski definition) is 4. The van der Waals surface area contributed by atoms with Crippen LogP contribution in [0, 0.1) is 5.92 Å². The molecule has 138 valence electrons. The summed E-state index contributed by atoms with van der Waals surface area (Å²) < 4.78 is 5.37. The van der Waals surface area contributed by atoms with Gasteiger partial charge in [-0.15, -0.1) is 0 Å². The highest BCUT2D eigenvalue weighted by atomic mass is 16.6. The molecule has 1 heterocycles. The Kier molecular flexibility index (Phi) is 6.67. The Morgan fingerprint density at radius 2 is 1.76 bits per heavy atom. The Morgan fingerprint density at radius 3 is 2.36 bits per heavy atom. The van der Waals surface area contributed by atoms with Gasteiger partial charge in [0, 0.05) is 37.8 Å². The van der Waals surface area contributed by atoms with Crippen molar-refractivity contribution in [3.8, 4) is 0 Å². The summed E-state index contributed by atoms with van der Waals surface area (Å²) in [4.78, 5) is 26.0. The lowest BCUT2D eigenvalue weighted by Crippen LogP contribution is -2.45. The monoisotopic (exact) mass is 347 g/mol. The molecule has 1 aliphatic heterocycles. The minimum absolute atomic E-state index is 0.0320. The van der Waals surface area contributed by atoms with Crippen molar-refractivity contribution in [2.75, 3.05) is 31.5 Å². The van der Waals surface area contributed by atoms with Crippen LogP contribution >= 0.6 is 0 Å². The van der Waals surface area contributed by atoms with E-state index in [9.17, 15) is 9.59 Å². The van der Waals surface area contributed by atoms with Crippen molar-refractivity contribution in [3.63, 3.8) is 0 Å². The van der Waals surface area contributed by atoms with Crippen LogP contribution in [0.4, 0.5) is 10.5 Å². The van der Waals surface area contributed by atoms with Gasteiger partial charge < -0.3 is 20.3 Å². The fraction of sp³-hybridized carbons (Fsp3) is 0.579. The van der Waals surface area contributed by atoms with Crippen LogP contribution in [0.2, 0.25) is 0 Å². The lowest BCUT2D eigenvalue weighted by molar-refractivity contribution is -0.126. The number of anilines is 1. The number of amides is 2. The van der Waals surface area contributed by atoms with Gasteiger partial charge in [-0.2, -0.15) is 0 Å². The molecule has 0 atom stereocenters. The van der Waals surface area contributed by atoms with Gasteiger partial charge in [0.15, 0.2) is 0 Å². The molecule has 1 saturated heterocycles. The average Bonchev–Trinajstić information content (AvgIpc) is 2.58. The minimum Gasteiger partial charge on any atom is -0.444 e. The Hall–Kier alpha value is -2.24. The predicted octanol–water partition coefficient (Wildman–Crippen LogP) is 2.86. The molecule has 2 amide bonds. The van der Waals surface area contributed by atoms with Crippen LogP contribution in [0.25, 0.3) is 0 Å². The van der Waals surface area contributed by atoms with Crippen LogP contribution in [0.1, 0.15) is 33.6 Å². The van der Waals surface area contributed by atoms with Crippen LogP contribution in [0.5, 0.6) is 0 Å². The second-order valence-electron chi connectivity index (χ2n) is 7.33. The second-order valence-corrected chi connectivity index (χ2v) is 7.33. The molecule has 0 unspecified atom stereocenters. The number of nitrogens with one attached hydrogen (secondary N) is 2. The highest BCUT2D eigenvalue weighted by Crippen LogP contribution is 2.19. The topological polar surface area (TPSA) is 70.7 Å².